The van der Waals surface area contributed by atoms with Crippen LogP contribution in [0.3, 0.4) is 0 Å². The lowest BCUT2D eigenvalue weighted by molar-refractivity contribution is -0.125. The molecule has 0 saturated carbocycles. The number of benzene rings is 2. The van der Waals surface area contributed by atoms with Gasteiger partial charge in [-0.2, -0.15) is 0 Å². The number of nitrogens with zero attached hydrogens (tertiary/aromatic N) is 1. The second-order valence-electron chi connectivity index (χ2n) is 6.93. The van der Waals surface area contributed by atoms with Crippen LogP contribution in [0, 0.1) is 13.8 Å². The van der Waals surface area contributed by atoms with E-state index in [1.165, 1.54) is 0 Å². The number of aromatic nitrogens is 1. The predicted octanol–water partition coefficient (Wildman–Crippen LogP) is 3.78. The van der Waals surface area contributed by atoms with Crippen molar-refractivity contribution in [1.82, 2.24) is 4.98 Å². The molecule has 2 N–H and O–H groups in total. The van der Waals surface area contributed by atoms with Crippen LogP contribution in [0.2, 0.25) is 0 Å². The van der Waals surface area contributed by atoms with E-state index in [0.717, 1.165) is 22.2 Å². The Kier molecular flexibility index (Phi) is 3.91. The number of nitrogens with one attached hydrogen (secondary N) is 2. The number of hydrogen-bond acceptors (Lipinski definition) is 3. The van der Waals surface area contributed by atoms with E-state index in [2.05, 4.69) is 10.3 Å². The van der Waals surface area contributed by atoms with Crippen LogP contribution in [-0.4, -0.2) is 29.9 Å². The molecule has 138 valence electrons. The number of hydrogen-bond donors (Lipinski definition) is 2. The number of H-pyrrole nitrogens is 1. The van der Waals surface area contributed by atoms with Crippen molar-refractivity contribution in [2.75, 3.05) is 17.3 Å². The van der Waals surface area contributed by atoms with Gasteiger partial charge in [0.2, 0.25) is 0 Å². The summed E-state index contributed by atoms with van der Waals surface area (Å²) < 4.78 is 5.62. The number of amides is 2. The maximum Gasteiger partial charge on any atom is 0.267 e. The smallest absolute Gasteiger partial charge is 0.267 e. The first-order chi connectivity index (χ1) is 12.8. The SMILES string of the molecule is Cc1[nH]c2ccc(C(=O)Nc3ccc4c(c3)N(C)C(=O)C(C)O4)cc2c1C. The Labute approximate surface area is 157 Å². The molecule has 27 heavy (non-hydrogen) atoms. The van der Waals surface area contributed by atoms with E-state index < -0.39 is 6.10 Å². The summed E-state index contributed by atoms with van der Waals surface area (Å²) in [5, 5.41) is 3.94. The monoisotopic (exact) mass is 363 g/mol. The maximum atomic E-state index is 12.7. The van der Waals surface area contributed by atoms with Crippen molar-refractivity contribution in [3.05, 3.63) is 53.2 Å². The highest BCUT2D eigenvalue weighted by Crippen LogP contribution is 2.35. The molecule has 1 unspecified atom stereocenters. The van der Waals surface area contributed by atoms with Gasteiger partial charge in [-0.15, -0.1) is 0 Å². The van der Waals surface area contributed by atoms with Crippen LogP contribution in [-0.2, 0) is 4.79 Å². The van der Waals surface area contributed by atoms with Crippen molar-refractivity contribution in [3.8, 4) is 5.75 Å². The van der Waals surface area contributed by atoms with Gasteiger partial charge in [0.05, 0.1) is 5.69 Å². The largest absolute Gasteiger partial charge is 0.479 e. The third-order valence-electron chi connectivity index (χ3n) is 5.13. The van der Waals surface area contributed by atoms with Crippen molar-refractivity contribution in [2.45, 2.75) is 26.9 Å². The molecule has 6 nitrogen and oxygen atoms in total. The van der Waals surface area contributed by atoms with E-state index in [-0.39, 0.29) is 11.8 Å². The molecule has 3 aromatic rings. The third-order valence-corrected chi connectivity index (χ3v) is 5.13. The Morgan fingerprint density at radius 1 is 1.19 bits per heavy atom. The van der Waals surface area contributed by atoms with E-state index >= 15 is 0 Å². The fourth-order valence-electron chi connectivity index (χ4n) is 3.39. The first kappa shape index (κ1) is 17.1. The average molecular weight is 363 g/mol. The topological polar surface area (TPSA) is 74.4 Å². The minimum absolute atomic E-state index is 0.116. The van der Waals surface area contributed by atoms with Gasteiger partial charge in [-0.05, 0) is 62.7 Å². The lowest BCUT2D eigenvalue weighted by Gasteiger charge is -2.30. The fourth-order valence-corrected chi connectivity index (χ4v) is 3.39. The molecule has 0 saturated heterocycles. The summed E-state index contributed by atoms with van der Waals surface area (Å²) in [7, 11) is 1.71. The molecule has 1 atom stereocenters. The van der Waals surface area contributed by atoms with E-state index in [1.54, 1.807) is 43.1 Å². The molecule has 1 aromatic heterocycles. The molecule has 2 heterocycles. The molecular formula is C21H21N3O3. The first-order valence-corrected chi connectivity index (χ1v) is 8.83. The Morgan fingerprint density at radius 3 is 2.74 bits per heavy atom. The number of aryl methyl sites for hydroxylation is 2. The van der Waals surface area contributed by atoms with Gasteiger partial charge in [0.25, 0.3) is 11.8 Å². The highest BCUT2D eigenvalue weighted by Gasteiger charge is 2.29. The quantitative estimate of drug-likeness (QED) is 0.728. The van der Waals surface area contributed by atoms with Crippen molar-refractivity contribution in [2.24, 2.45) is 0 Å². The third kappa shape index (κ3) is 2.83. The highest BCUT2D eigenvalue weighted by molar-refractivity contribution is 6.07. The second kappa shape index (κ2) is 6.16. The first-order valence-electron chi connectivity index (χ1n) is 8.83. The summed E-state index contributed by atoms with van der Waals surface area (Å²) in [6.45, 7) is 5.77. The van der Waals surface area contributed by atoms with Gasteiger partial charge >= 0.3 is 0 Å². The minimum atomic E-state index is -0.511. The summed E-state index contributed by atoms with van der Waals surface area (Å²) in [4.78, 5) is 29.7. The predicted molar refractivity (Wildman–Crippen MR) is 106 cm³/mol. The summed E-state index contributed by atoms with van der Waals surface area (Å²) in [6.07, 6.45) is -0.511. The summed E-state index contributed by atoms with van der Waals surface area (Å²) in [6, 6.07) is 10.9. The number of aromatic amines is 1. The molecule has 0 aliphatic carbocycles. The maximum absolute atomic E-state index is 12.7. The van der Waals surface area contributed by atoms with Crippen molar-refractivity contribution >= 4 is 34.1 Å². The summed E-state index contributed by atoms with van der Waals surface area (Å²) in [5.41, 5.74) is 5.08. The van der Waals surface area contributed by atoms with Crippen molar-refractivity contribution < 1.29 is 14.3 Å². The van der Waals surface area contributed by atoms with E-state index in [4.69, 9.17) is 4.74 Å². The number of fused-ring (bicyclic) bond motifs is 2. The van der Waals surface area contributed by atoms with Gasteiger partial charge in [0, 0.05) is 34.9 Å². The fraction of sp³-hybridized carbons (Fsp3) is 0.238. The number of likely N-dealkylation sites (N-methyl/N-ethyl adjacent to an activating group) is 1. The lowest BCUT2D eigenvalue weighted by atomic mass is 10.1. The zero-order chi connectivity index (χ0) is 19.3. The Balaban J connectivity index is 1.62. The number of carbonyl (C=O) groups excluding carboxylic acids is 2. The normalized spacial score (nSPS) is 16.2. The molecule has 1 aliphatic heterocycles. The van der Waals surface area contributed by atoms with Gasteiger partial charge in [0.1, 0.15) is 5.75 Å². The zero-order valence-electron chi connectivity index (χ0n) is 15.7. The molecule has 1 aliphatic rings. The van der Waals surface area contributed by atoms with Crippen LogP contribution in [0.5, 0.6) is 5.75 Å². The summed E-state index contributed by atoms with van der Waals surface area (Å²) >= 11 is 0. The standard InChI is InChI=1S/C21H21N3O3/c1-11-12(2)22-17-7-5-14(9-16(11)17)20(25)23-15-6-8-19-18(10-15)24(4)21(26)13(3)27-19/h5-10,13,22H,1-4H3,(H,23,25). The lowest BCUT2D eigenvalue weighted by Crippen LogP contribution is -2.41. The van der Waals surface area contributed by atoms with Gasteiger partial charge < -0.3 is 19.9 Å². The Morgan fingerprint density at radius 2 is 1.96 bits per heavy atom. The molecule has 0 fully saturated rings. The highest BCUT2D eigenvalue weighted by atomic mass is 16.5. The Bertz CT molecular complexity index is 1080. The number of rotatable bonds is 2. The number of anilines is 2. The molecule has 2 aromatic carbocycles. The van der Waals surface area contributed by atoms with Gasteiger partial charge in [-0.3, -0.25) is 9.59 Å². The second-order valence-corrected chi connectivity index (χ2v) is 6.93. The minimum Gasteiger partial charge on any atom is -0.479 e. The van der Waals surface area contributed by atoms with Crippen LogP contribution < -0.4 is 15.0 Å². The Hall–Kier alpha value is -3.28. The van der Waals surface area contributed by atoms with Gasteiger partial charge in [0.15, 0.2) is 6.10 Å². The molecule has 4 rings (SSSR count). The molecular weight excluding hydrogens is 342 g/mol. The molecule has 0 spiro atoms. The summed E-state index contributed by atoms with van der Waals surface area (Å²) in [5.74, 6) is 0.311. The van der Waals surface area contributed by atoms with E-state index in [9.17, 15) is 9.59 Å². The van der Waals surface area contributed by atoms with Crippen LogP contribution in [0.15, 0.2) is 36.4 Å². The van der Waals surface area contributed by atoms with E-state index in [1.807, 2.05) is 26.0 Å². The molecule has 0 bridgehead atoms. The molecule has 2 amide bonds. The van der Waals surface area contributed by atoms with Crippen molar-refractivity contribution in [3.63, 3.8) is 0 Å². The average Bonchev–Trinajstić information content (AvgIpc) is 2.94. The van der Waals surface area contributed by atoms with Crippen LogP contribution in [0.25, 0.3) is 10.9 Å². The molecule has 0 radical (unpaired) electrons. The van der Waals surface area contributed by atoms with Crippen molar-refractivity contribution in [1.29, 1.82) is 0 Å². The van der Waals surface area contributed by atoms with E-state index in [0.29, 0.717) is 22.7 Å². The molecule has 6 heteroatoms. The van der Waals surface area contributed by atoms with Crippen LogP contribution in [0.4, 0.5) is 11.4 Å². The van der Waals surface area contributed by atoms with Crippen LogP contribution in [0.1, 0.15) is 28.5 Å². The van der Waals surface area contributed by atoms with Gasteiger partial charge in [-0.1, -0.05) is 0 Å². The number of carbonyl (C=O) groups is 2. The number of ether oxygens (including phenoxy) is 1. The van der Waals surface area contributed by atoms with Gasteiger partial charge in [-0.25, -0.2) is 0 Å². The van der Waals surface area contributed by atoms with Crippen LogP contribution >= 0.6 is 0 Å². The zero-order valence-corrected chi connectivity index (χ0v) is 15.7.